The maximum Gasteiger partial charge on any atom is 0.260 e. The predicted octanol–water partition coefficient (Wildman–Crippen LogP) is 2.42. The van der Waals surface area contributed by atoms with Crippen LogP contribution in [0.3, 0.4) is 0 Å². The average Bonchev–Trinajstić information content (AvgIpc) is 3.23. The monoisotopic (exact) mass is 281 g/mol. The van der Waals surface area contributed by atoms with E-state index in [2.05, 4.69) is 0 Å². The normalized spacial score (nSPS) is 15.9. The molecule has 110 valence electrons. The van der Waals surface area contributed by atoms with Gasteiger partial charge in [-0.2, -0.15) is 0 Å². The van der Waals surface area contributed by atoms with Crippen molar-refractivity contribution < 1.29 is 19.0 Å². The molecule has 0 radical (unpaired) electrons. The molecule has 1 aromatic carbocycles. The second-order valence-corrected chi connectivity index (χ2v) is 5.20. The number of hydrogen-bond acceptors (Lipinski definition) is 3. The van der Waals surface area contributed by atoms with E-state index in [0.29, 0.717) is 19.1 Å². The molecule has 0 aromatic heterocycles. The molecular formula is C15H20FNO3. The number of amides is 1. The number of aromatic hydroxyl groups is 1. The molecule has 1 fully saturated rings. The SMILES string of the molecule is COCCN(C(=O)c1c(O)cccc1F)C(C)C1CC1. The van der Waals surface area contributed by atoms with Gasteiger partial charge in [0.2, 0.25) is 0 Å². The van der Waals surface area contributed by atoms with Crippen LogP contribution in [0.15, 0.2) is 18.2 Å². The quantitative estimate of drug-likeness (QED) is 0.871. The molecule has 1 saturated carbocycles. The van der Waals surface area contributed by atoms with Crippen molar-refractivity contribution in [3.63, 3.8) is 0 Å². The van der Waals surface area contributed by atoms with Crippen molar-refractivity contribution in [2.45, 2.75) is 25.8 Å². The summed E-state index contributed by atoms with van der Waals surface area (Å²) in [6.45, 7) is 2.74. The van der Waals surface area contributed by atoms with Crippen LogP contribution >= 0.6 is 0 Å². The number of hydrogen-bond donors (Lipinski definition) is 1. The standard InChI is InChI=1S/C15H20FNO3/c1-10(11-6-7-11)17(8-9-20-2)15(19)14-12(16)4-3-5-13(14)18/h3-5,10-11,18H,6-9H2,1-2H3. The molecule has 4 nitrogen and oxygen atoms in total. The van der Waals surface area contributed by atoms with Gasteiger partial charge >= 0.3 is 0 Å². The second-order valence-electron chi connectivity index (χ2n) is 5.20. The average molecular weight is 281 g/mol. The lowest BCUT2D eigenvalue weighted by molar-refractivity contribution is 0.0587. The van der Waals surface area contributed by atoms with Crippen LogP contribution in [-0.4, -0.2) is 42.2 Å². The lowest BCUT2D eigenvalue weighted by Crippen LogP contribution is -2.42. The predicted molar refractivity (Wildman–Crippen MR) is 73.2 cm³/mol. The first kappa shape index (κ1) is 14.8. The molecule has 0 aliphatic heterocycles. The lowest BCUT2D eigenvalue weighted by Gasteiger charge is -2.29. The third-order valence-electron chi connectivity index (χ3n) is 3.80. The lowest BCUT2D eigenvalue weighted by atomic mass is 10.1. The number of ether oxygens (including phenoxy) is 1. The highest BCUT2D eigenvalue weighted by Gasteiger charge is 2.35. The van der Waals surface area contributed by atoms with E-state index in [0.717, 1.165) is 12.8 Å². The Labute approximate surface area is 118 Å². The molecule has 1 aromatic rings. The molecular weight excluding hydrogens is 261 g/mol. The summed E-state index contributed by atoms with van der Waals surface area (Å²) >= 11 is 0. The molecule has 2 rings (SSSR count). The molecule has 1 atom stereocenters. The fraction of sp³-hybridized carbons (Fsp3) is 0.533. The number of phenolic OH excluding ortho intramolecular Hbond substituents is 1. The van der Waals surface area contributed by atoms with Crippen molar-refractivity contribution in [1.29, 1.82) is 0 Å². The van der Waals surface area contributed by atoms with Crippen molar-refractivity contribution in [3.8, 4) is 5.75 Å². The maximum atomic E-state index is 13.8. The van der Waals surface area contributed by atoms with Crippen molar-refractivity contribution in [1.82, 2.24) is 4.90 Å². The number of rotatable bonds is 6. The number of carbonyl (C=O) groups is 1. The first-order valence-corrected chi connectivity index (χ1v) is 6.83. The Morgan fingerprint density at radius 1 is 1.55 bits per heavy atom. The molecule has 0 saturated heterocycles. The van der Waals surface area contributed by atoms with Gasteiger partial charge in [0.15, 0.2) is 0 Å². The van der Waals surface area contributed by atoms with Crippen LogP contribution in [0.4, 0.5) is 4.39 Å². The van der Waals surface area contributed by atoms with E-state index in [1.165, 1.54) is 18.2 Å². The smallest absolute Gasteiger partial charge is 0.260 e. The molecule has 1 aliphatic rings. The molecule has 5 heteroatoms. The zero-order valence-electron chi connectivity index (χ0n) is 11.8. The Morgan fingerprint density at radius 2 is 2.25 bits per heavy atom. The maximum absolute atomic E-state index is 13.8. The zero-order chi connectivity index (χ0) is 14.7. The van der Waals surface area contributed by atoms with Crippen molar-refractivity contribution in [2.24, 2.45) is 5.92 Å². The summed E-state index contributed by atoms with van der Waals surface area (Å²) in [5.41, 5.74) is -0.254. The first-order valence-electron chi connectivity index (χ1n) is 6.83. The van der Waals surface area contributed by atoms with Crippen LogP contribution in [0.5, 0.6) is 5.75 Å². The summed E-state index contributed by atoms with van der Waals surface area (Å²) in [7, 11) is 1.56. The van der Waals surface area contributed by atoms with E-state index >= 15 is 0 Å². The van der Waals surface area contributed by atoms with Gasteiger partial charge in [-0.05, 0) is 37.8 Å². The first-order chi connectivity index (χ1) is 9.56. The highest BCUT2D eigenvalue weighted by atomic mass is 19.1. The van der Waals surface area contributed by atoms with Gasteiger partial charge in [0.05, 0.1) is 6.61 Å². The van der Waals surface area contributed by atoms with Gasteiger partial charge in [0.25, 0.3) is 5.91 Å². The number of benzene rings is 1. The van der Waals surface area contributed by atoms with Crippen LogP contribution in [0, 0.1) is 11.7 Å². The van der Waals surface area contributed by atoms with Crippen molar-refractivity contribution in [3.05, 3.63) is 29.6 Å². The van der Waals surface area contributed by atoms with Crippen LogP contribution in [-0.2, 0) is 4.74 Å². The Balaban J connectivity index is 2.25. The minimum atomic E-state index is -0.694. The van der Waals surface area contributed by atoms with Crippen LogP contribution in [0.25, 0.3) is 0 Å². The van der Waals surface area contributed by atoms with Crippen LogP contribution in [0.2, 0.25) is 0 Å². The molecule has 20 heavy (non-hydrogen) atoms. The molecule has 1 amide bonds. The topological polar surface area (TPSA) is 49.8 Å². The van der Waals surface area contributed by atoms with E-state index in [9.17, 15) is 14.3 Å². The molecule has 1 aliphatic carbocycles. The third kappa shape index (κ3) is 3.10. The molecule has 0 heterocycles. The van der Waals surface area contributed by atoms with Crippen molar-refractivity contribution >= 4 is 5.91 Å². The summed E-state index contributed by atoms with van der Waals surface area (Å²) in [4.78, 5) is 14.1. The minimum absolute atomic E-state index is 0.0247. The number of methoxy groups -OCH3 is 1. The second kappa shape index (κ2) is 6.22. The summed E-state index contributed by atoms with van der Waals surface area (Å²) < 4.78 is 18.8. The number of carbonyl (C=O) groups excluding carboxylic acids is 1. The van der Waals surface area contributed by atoms with Crippen LogP contribution < -0.4 is 0 Å². The van der Waals surface area contributed by atoms with E-state index in [1.807, 2.05) is 6.92 Å². The van der Waals surface area contributed by atoms with Gasteiger partial charge in [0, 0.05) is 19.7 Å². The molecule has 1 N–H and O–H groups in total. The summed E-state index contributed by atoms with van der Waals surface area (Å²) in [6, 6.07) is 3.91. The highest BCUT2D eigenvalue weighted by Crippen LogP contribution is 2.36. The Kier molecular flexibility index (Phi) is 4.60. The highest BCUT2D eigenvalue weighted by molar-refractivity contribution is 5.97. The minimum Gasteiger partial charge on any atom is -0.507 e. The summed E-state index contributed by atoms with van der Waals surface area (Å²) in [5, 5.41) is 9.75. The molecule has 0 bridgehead atoms. The van der Waals surface area contributed by atoms with Gasteiger partial charge in [-0.3, -0.25) is 4.79 Å². The van der Waals surface area contributed by atoms with E-state index in [4.69, 9.17) is 4.74 Å². The summed E-state index contributed by atoms with van der Waals surface area (Å²) in [6.07, 6.45) is 2.17. The zero-order valence-corrected chi connectivity index (χ0v) is 11.8. The number of phenols is 1. The molecule has 0 spiro atoms. The van der Waals surface area contributed by atoms with E-state index in [1.54, 1.807) is 12.0 Å². The van der Waals surface area contributed by atoms with Crippen molar-refractivity contribution in [2.75, 3.05) is 20.3 Å². The number of halogens is 1. The van der Waals surface area contributed by atoms with Gasteiger partial charge < -0.3 is 14.7 Å². The number of nitrogens with zero attached hydrogens (tertiary/aromatic N) is 1. The van der Waals surface area contributed by atoms with Gasteiger partial charge in [-0.1, -0.05) is 6.07 Å². The van der Waals surface area contributed by atoms with E-state index < -0.39 is 11.7 Å². The van der Waals surface area contributed by atoms with E-state index in [-0.39, 0.29) is 17.4 Å². The Morgan fingerprint density at radius 3 is 2.80 bits per heavy atom. The third-order valence-corrected chi connectivity index (χ3v) is 3.80. The Hall–Kier alpha value is -1.62. The fourth-order valence-corrected chi connectivity index (χ4v) is 2.38. The van der Waals surface area contributed by atoms with Gasteiger partial charge in [-0.25, -0.2) is 4.39 Å². The Bertz CT molecular complexity index is 468. The van der Waals surface area contributed by atoms with Crippen LogP contribution in [0.1, 0.15) is 30.1 Å². The summed E-state index contributed by atoms with van der Waals surface area (Å²) in [5.74, 6) is -1.03. The van der Waals surface area contributed by atoms with Gasteiger partial charge in [-0.15, -0.1) is 0 Å². The van der Waals surface area contributed by atoms with Gasteiger partial charge in [0.1, 0.15) is 17.1 Å². The fourth-order valence-electron chi connectivity index (χ4n) is 2.38. The largest absolute Gasteiger partial charge is 0.507 e. The molecule has 1 unspecified atom stereocenters.